The molecule has 234 valence electrons. The SMILES string of the molecule is Cn1c(=O)n(C)c2cc(-c3cccc(-c4nc(-c5ccccc5)nc(-c5ccccc5-c5cccc6oc7ccccc7c56)n4)c3)ccc21. The molecular formula is C42H29N5O2. The lowest BCUT2D eigenvalue weighted by Gasteiger charge is -2.13. The number of para-hydroxylation sites is 1. The van der Waals surface area contributed by atoms with Crippen LogP contribution in [0.4, 0.5) is 0 Å². The van der Waals surface area contributed by atoms with Crippen molar-refractivity contribution in [3.63, 3.8) is 0 Å². The first-order valence-electron chi connectivity index (χ1n) is 16.1. The van der Waals surface area contributed by atoms with E-state index in [0.29, 0.717) is 17.5 Å². The van der Waals surface area contributed by atoms with E-state index >= 15 is 0 Å². The molecule has 0 spiro atoms. The number of aromatic nitrogens is 5. The number of rotatable bonds is 5. The van der Waals surface area contributed by atoms with Crippen LogP contribution in [-0.2, 0) is 14.1 Å². The number of aryl methyl sites for hydroxylation is 2. The van der Waals surface area contributed by atoms with Crippen LogP contribution in [0.25, 0.3) is 89.4 Å². The minimum atomic E-state index is -0.0514. The van der Waals surface area contributed by atoms with Gasteiger partial charge in [-0.1, -0.05) is 109 Å². The summed E-state index contributed by atoms with van der Waals surface area (Å²) in [5, 5.41) is 2.12. The average molecular weight is 636 g/mol. The third-order valence-corrected chi connectivity index (χ3v) is 9.25. The molecule has 0 amide bonds. The van der Waals surface area contributed by atoms with E-state index in [1.54, 1.807) is 23.2 Å². The highest BCUT2D eigenvalue weighted by molar-refractivity contribution is 6.13. The van der Waals surface area contributed by atoms with Crippen molar-refractivity contribution in [3.05, 3.63) is 150 Å². The molecule has 9 rings (SSSR count). The molecular weight excluding hydrogens is 606 g/mol. The van der Waals surface area contributed by atoms with Crippen LogP contribution in [0.1, 0.15) is 0 Å². The Morgan fingerprint density at radius 1 is 0.469 bits per heavy atom. The van der Waals surface area contributed by atoms with E-state index in [-0.39, 0.29) is 5.69 Å². The van der Waals surface area contributed by atoms with Crippen LogP contribution in [-0.4, -0.2) is 24.1 Å². The van der Waals surface area contributed by atoms with Crippen molar-refractivity contribution < 1.29 is 4.42 Å². The Labute approximate surface area is 281 Å². The topological polar surface area (TPSA) is 78.7 Å². The van der Waals surface area contributed by atoms with Gasteiger partial charge in [-0.05, 0) is 52.6 Å². The van der Waals surface area contributed by atoms with Crippen molar-refractivity contribution in [2.45, 2.75) is 0 Å². The average Bonchev–Trinajstić information content (AvgIpc) is 3.65. The number of imidazole rings is 1. The van der Waals surface area contributed by atoms with Gasteiger partial charge in [0.25, 0.3) is 0 Å². The first-order valence-corrected chi connectivity index (χ1v) is 16.1. The zero-order valence-electron chi connectivity index (χ0n) is 26.8. The highest BCUT2D eigenvalue weighted by atomic mass is 16.3. The van der Waals surface area contributed by atoms with Crippen LogP contribution in [0.3, 0.4) is 0 Å². The van der Waals surface area contributed by atoms with Gasteiger partial charge in [-0.25, -0.2) is 19.7 Å². The van der Waals surface area contributed by atoms with Crippen molar-refractivity contribution in [2.24, 2.45) is 14.1 Å². The van der Waals surface area contributed by atoms with Gasteiger partial charge in [0.1, 0.15) is 11.2 Å². The summed E-state index contributed by atoms with van der Waals surface area (Å²) in [4.78, 5) is 27.8. The van der Waals surface area contributed by atoms with Crippen molar-refractivity contribution in [1.29, 1.82) is 0 Å². The van der Waals surface area contributed by atoms with Crippen molar-refractivity contribution in [1.82, 2.24) is 24.1 Å². The molecule has 0 saturated heterocycles. The van der Waals surface area contributed by atoms with Crippen LogP contribution in [0.15, 0.2) is 149 Å². The van der Waals surface area contributed by atoms with Gasteiger partial charge in [-0.3, -0.25) is 9.13 Å². The van der Waals surface area contributed by atoms with Gasteiger partial charge in [0.2, 0.25) is 0 Å². The Hall–Kier alpha value is -6.60. The lowest BCUT2D eigenvalue weighted by molar-refractivity contribution is 0.669. The van der Waals surface area contributed by atoms with Crippen molar-refractivity contribution in [2.75, 3.05) is 0 Å². The standard InChI is InChI=1S/C42H29N5O2/c1-46-34-23-22-28(25-35(34)47(2)42(46)48)27-14-10-15-29(24-27)40-43-39(26-12-4-3-5-13-26)44-41(45-40)32-17-7-6-16-30(32)31-19-11-21-37-38(31)33-18-8-9-20-36(33)49-37/h3-25H,1-2H3. The lowest BCUT2D eigenvalue weighted by Crippen LogP contribution is -2.19. The molecule has 0 bridgehead atoms. The maximum atomic E-state index is 12.6. The predicted molar refractivity (Wildman–Crippen MR) is 196 cm³/mol. The van der Waals surface area contributed by atoms with Crippen LogP contribution in [0, 0.1) is 0 Å². The summed E-state index contributed by atoms with van der Waals surface area (Å²) in [5.41, 5.74) is 10.1. The minimum Gasteiger partial charge on any atom is -0.456 e. The largest absolute Gasteiger partial charge is 0.456 e. The summed E-state index contributed by atoms with van der Waals surface area (Å²) < 4.78 is 9.58. The van der Waals surface area contributed by atoms with Crippen LogP contribution < -0.4 is 5.69 Å². The molecule has 0 N–H and O–H groups in total. The molecule has 0 aliphatic rings. The predicted octanol–water partition coefficient (Wildman–Crippen LogP) is 9.30. The first-order chi connectivity index (χ1) is 24.0. The maximum absolute atomic E-state index is 12.6. The summed E-state index contributed by atoms with van der Waals surface area (Å²) in [6.07, 6.45) is 0. The molecule has 7 heteroatoms. The van der Waals surface area contributed by atoms with E-state index in [2.05, 4.69) is 42.5 Å². The van der Waals surface area contributed by atoms with Crippen LogP contribution >= 0.6 is 0 Å². The van der Waals surface area contributed by atoms with Gasteiger partial charge in [-0.15, -0.1) is 0 Å². The Morgan fingerprint density at radius 2 is 1.06 bits per heavy atom. The molecule has 0 unspecified atom stereocenters. The number of benzene rings is 6. The van der Waals surface area contributed by atoms with Crippen molar-refractivity contribution >= 4 is 33.0 Å². The number of nitrogens with zero attached hydrogens (tertiary/aromatic N) is 5. The molecule has 9 aromatic rings. The van der Waals surface area contributed by atoms with Gasteiger partial charge in [0.15, 0.2) is 17.5 Å². The molecule has 7 nitrogen and oxygen atoms in total. The summed E-state index contributed by atoms with van der Waals surface area (Å²) in [6.45, 7) is 0. The fourth-order valence-corrected chi connectivity index (χ4v) is 6.78. The number of fused-ring (bicyclic) bond motifs is 4. The normalized spacial score (nSPS) is 11.6. The fraction of sp³-hybridized carbons (Fsp3) is 0.0476. The second-order valence-corrected chi connectivity index (χ2v) is 12.2. The van der Waals surface area contributed by atoms with Gasteiger partial charge in [0.05, 0.1) is 11.0 Å². The lowest BCUT2D eigenvalue weighted by atomic mass is 9.95. The van der Waals surface area contributed by atoms with E-state index < -0.39 is 0 Å². The number of hydrogen-bond acceptors (Lipinski definition) is 5. The molecule has 0 aliphatic carbocycles. The molecule has 6 aromatic carbocycles. The monoisotopic (exact) mass is 635 g/mol. The zero-order chi connectivity index (χ0) is 33.1. The first kappa shape index (κ1) is 28.6. The molecule has 0 fully saturated rings. The zero-order valence-corrected chi connectivity index (χ0v) is 26.8. The molecule has 0 saturated carbocycles. The minimum absolute atomic E-state index is 0.0514. The van der Waals surface area contributed by atoms with E-state index in [0.717, 1.165) is 71.9 Å². The Bertz CT molecular complexity index is 2770. The molecule has 0 radical (unpaired) electrons. The van der Waals surface area contributed by atoms with E-state index in [1.807, 2.05) is 97.1 Å². The molecule has 0 aliphatic heterocycles. The van der Waals surface area contributed by atoms with Gasteiger partial charge in [0, 0.05) is 41.6 Å². The Morgan fingerprint density at radius 3 is 1.92 bits per heavy atom. The van der Waals surface area contributed by atoms with Gasteiger partial charge < -0.3 is 4.42 Å². The summed E-state index contributed by atoms with van der Waals surface area (Å²) in [5.74, 6) is 1.74. The molecule has 3 aromatic heterocycles. The molecule has 0 atom stereocenters. The Kier molecular flexibility index (Phi) is 6.59. The smallest absolute Gasteiger partial charge is 0.328 e. The second-order valence-electron chi connectivity index (χ2n) is 12.2. The third-order valence-electron chi connectivity index (χ3n) is 9.25. The molecule has 49 heavy (non-hydrogen) atoms. The van der Waals surface area contributed by atoms with Gasteiger partial charge >= 0.3 is 5.69 Å². The number of furan rings is 1. The molecule has 3 heterocycles. The highest BCUT2D eigenvalue weighted by Crippen LogP contribution is 2.40. The van der Waals surface area contributed by atoms with E-state index in [4.69, 9.17) is 19.4 Å². The summed E-state index contributed by atoms with van der Waals surface area (Å²) in [7, 11) is 3.60. The quantitative estimate of drug-likeness (QED) is 0.188. The second kappa shape index (κ2) is 11.3. The summed E-state index contributed by atoms with van der Waals surface area (Å²) >= 11 is 0. The summed E-state index contributed by atoms with van der Waals surface area (Å²) in [6, 6.07) is 46.9. The van der Waals surface area contributed by atoms with E-state index in [1.165, 1.54) is 0 Å². The van der Waals surface area contributed by atoms with Crippen molar-refractivity contribution in [3.8, 4) is 56.4 Å². The van der Waals surface area contributed by atoms with Gasteiger partial charge in [-0.2, -0.15) is 0 Å². The maximum Gasteiger partial charge on any atom is 0.328 e. The third kappa shape index (κ3) is 4.74. The van der Waals surface area contributed by atoms with Crippen LogP contribution in [0.5, 0.6) is 0 Å². The Balaban J connectivity index is 1.23. The number of hydrogen-bond donors (Lipinski definition) is 0. The highest BCUT2D eigenvalue weighted by Gasteiger charge is 2.19. The fourth-order valence-electron chi connectivity index (χ4n) is 6.78. The van der Waals surface area contributed by atoms with E-state index in [9.17, 15) is 4.79 Å². The van der Waals surface area contributed by atoms with Crippen LogP contribution in [0.2, 0.25) is 0 Å².